The molecule has 4 heteroatoms. The number of para-hydroxylation sites is 1. The molecular formula is C16H21N3O. The smallest absolute Gasteiger partial charge is 0.0645 e. The van der Waals surface area contributed by atoms with Gasteiger partial charge in [0.1, 0.15) is 0 Å². The maximum absolute atomic E-state index is 5.69. The highest BCUT2D eigenvalue weighted by Crippen LogP contribution is 2.31. The van der Waals surface area contributed by atoms with Crippen molar-refractivity contribution in [3.8, 4) is 5.69 Å². The van der Waals surface area contributed by atoms with E-state index in [1.54, 1.807) is 0 Å². The average molecular weight is 271 g/mol. The van der Waals surface area contributed by atoms with Gasteiger partial charge < -0.3 is 10.1 Å². The highest BCUT2D eigenvalue weighted by atomic mass is 16.5. The Balaban J connectivity index is 1.81. The Bertz CT molecular complexity index is 552. The summed E-state index contributed by atoms with van der Waals surface area (Å²) in [6, 6.07) is 10.5. The van der Waals surface area contributed by atoms with Gasteiger partial charge in [-0.05, 0) is 32.5 Å². The van der Waals surface area contributed by atoms with Gasteiger partial charge in [-0.2, -0.15) is 5.10 Å². The minimum atomic E-state index is 0.303. The lowest BCUT2D eigenvalue weighted by Crippen LogP contribution is -2.25. The van der Waals surface area contributed by atoms with E-state index in [2.05, 4.69) is 35.7 Å². The second-order valence-electron chi connectivity index (χ2n) is 5.46. The van der Waals surface area contributed by atoms with E-state index in [-0.39, 0.29) is 0 Å². The Morgan fingerprint density at radius 1 is 1.35 bits per heavy atom. The molecule has 106 valence electrons. The molecule has 1 aromatic heterocycles. The molecule has 2 heterocycles. The minimum Gasteiger partial charge on any atom is -0.378 e. The highest BCUT2D eigenvalue weighted by molar-refractivity contribution is 5.31. The standard InChI is InChI=1S/C16H21N3O/c1-12-8-13(11-20-12)16(17-2)14-9-18-19(10-14)15-6-4-3-5-7-15/h3-7,9-10,12-13,16-17H,8,11H2,1-2H3. The molecule has 1 aromatic carbocycles. The van der Waals surface area contributed by atoms with Crippen LogP contribution in [0.3, 0.4) is 0 Å². The van der Waals surface area contributed by atoms with Crippen LogP contribution >= 0.6 is 0 Å². The second-order valence-corrected chi connectivity index (χ2v) is 5.46. The largest absolute Gasteiger partial charge is 0.378 e. The van der Waals surface area contributed by atoms with Crippen molar-refractivity contribution in [1.29, 1.82) is 0 Å². The fraction of sp³-hybridized carbons (Fsp3) is 0.438. The summed E-state index contributed by atoms with van der Waals surface area (Å²) in [5.74, 6) is 0.517. The van der Waals surface area contributed by atoms with Gasteiger partial charge in [0.25, 0.3) is 0 Å². The molecule has 20 heavy (non-hydrogen) atoms. The number of ether oxygens (including phenoxy) is 1. The SMILES string of the molecule is CNC(c1cnn(-c2ccccc2)c1)C1COC(C)C1. The van der Waals surface area contributed by atoms with Crippen LogP contribution in [0.25, 0.3) is 5.69 Å². The van der Waals surface area contributed by atoms with Crippen LogP contribution in [0.4, 0.5) is 0 Å². The highest BCUT2D eigenvalue weighted by Gasteiger charge is 2.30. The maximum atomic E-state index is 5.69. The summed E-state index contributed by atoms with van der Waals surface area (Å²) in [6.45, 7) is 2.96. The second kappa shape index (κ2) is 5.77. The molecule has 1 saturated heterocycles. The summed E-state index contributed by atoms with van der Waals surface area (Å²) < 4.78 is 7.62. The topological polar surface area (TPSA) is 39.1 Å². The van der Waals surface area contributed by atoms with Gasteiger partial charge in [-0.15, -0.1) is 0 Å². The molecule has 3 unspecified atom stereocenters. The van der Waals surface area contributed by atoms with E-state index in [1.807, 2.05) is 36.1 Å². The molecule has 1 N–H and O–H groups in total. The number of nitrogens with zero attached hydrogens (tertiary/aromatic N) is 2. The first-order chi connectivity index (χ1) is 9.78. The summed E-state index contributed by atoms with van der Waals surface area (Å²) >= 11 is 0. The zero-order chi connectivity index (χ0) is 13.9. The van der Waals surface area contributed by atoms with Crippen molar-refractivity contribution in [3.05, 3.63) is 48.3 Å². The number of nitrogens with one attached hydrogen (secondary N) is 1. The zero-order valence-corrected chi connectivity index (χ0v) is 12.0. The first-order valence-corrected chi connectivity index (χ1v) is 7.17. The van der Waals surface area contributed by atoms with Crippen LogP contribution < -0.4 is 5.32 Å². The lowest BCUT2D eigenvalue weighted by molar-refractivity contribution is 0.117. The number of aromatic nitrogens is 2. The van der Waals surface area contributed by atoms with E-state index in [9.17, 15) is 0 Å². The quantitative estimate of drug-likeness (QED) is 0.929. The van der Waals surface area contributed by atoms with Gasteiger partial charge in [-0.1, -0.05) is 18.2 Å². The molecular weight excluding hydrogens is 250 g/mol. The van der Waals surface area contributed by atoms with Crippen molar-refractivity contribution in [2.24, 2.45) is 5.92 Å². The van der Waals surface area contributed by atoms with E-state index in [1.165, 1.54) is 5.56 Å². The van der Waals surface area contributed by atoms with E-state index < -0.39 is 0 Å². The Morgan fingerprint density at radius 2 is 2.15 bits per heavy atom. The Labute approximate surface area is 119 Å². The molecule has 0 amide bonds. The normalized spacial score (nSPS) is 23.9. The van der Waals surface area contributed by atoms with Crippen LogP contribution in [0.5, 0.6) is 0 Å². The number of benzene rings is 1. The number of hydrogen-bond acceptors (Lipinski definition) is 3. The minimum absolute atomic E-state index is 0.303. The van der Waals surface area contributed by atoms with E-state index in [0.717, 1.165) is 18.7 Å². The van der Waals surface area contributed by atoms with Crippen molar-refractivity contribution in [2.75, 3.05) is 13.7 Å². The van der Waals surface area contributed by atoms with Crippen LogP contribution in [0.2, 0.25) is 0 Å². The van der Waals surface area contributed by atoms with Crippen LogP contribution in [0.1, 0.15) is 24.9 Å². The molecule has 1 fully saturated rings. The van der Waals surface area contributed by atoms with Crippen molar-refractivity contribution in [1.82, 2.24) is 15.1 Å². The van der Waals surface area contributed by atoms with Crippen LogP contribution in [0, 0.1) is 5.92 Å². The van der Waals surface area contributed by atoms with E-state index in [0.29, 0.717) is 18.1 Å². The van der Waals surface area contributed by atoms with Gasteiger partial charge in [0.2, 0.25) is 0 Å². The molecule has 0 bridgehead atoms. The first-order valence-electron chi connectivity index (χ1n) is 7.17. The van der Waals surface area contributed by atoms with Crippen LogP contribution in [-0.2, 0) is 4.74 Å². The predicted molar refractivity (Wildman–Crippen MR) is 78.9 cm³/mol. The van der Waals surface area contributed by atoms with Crippen molar-refractivity contribution in [2.45, 2.75) is 25.5 Å². The lowest BCUT2D eigenvalue weighted by Gasteiger charge is -2.20. The zero-order valence-electron chi connectivity index (χ0n) is 12.0. The molecule has 0 spiro atoms. The van der Waals surface area contributed by atoms with Crippen LogP contribution in [-0.4, -0.2) is 29.5 Å². The summed E-state index contributed by atoms with van der Waals surface area (Å²) in [4.78, 5) is 0. The fourth-order valence-electron chi connectivity index (χ4n) is 2.98. The van der Waals surface area contributed by atoms with E-state index >= 15 is 0 Å². The van der Waals surface area contributed by atoms with Crippen molar-refractivity contribution < 1.29 is 4.74 Å². The predicted octanol–water partition coefficient (Wildman–Crippen LogP) is 2.56. The number of hydrogen-bond donors (Lipinski definition) is 1. The van der Waals surface area contributed by atoms with Crippen molar-refractivity contribution >= 4 is 0 Å². The third-order valence-corrected chi connectivity index (χ3v) is 3.99. The first kappa shape index (κ1) is 13.3. The average Bonchev–Trinajstić information content (AvgIpc) is 3.11. The monoisotopic (exact) mass is 271 g/mol. The van der Waals surface area contributed by atoms with Gasteiger partial charge in [-0.25, -0.2) is 4.68 Å². The molecule has 1 aliphatic rings. The Hall–Kier alpha value is -1.65. The van der Waals surface area contributed by atoms with Gasteiger partial charge in [0, 0.05) is 23.7 Å². The molecule has 0 aliphatic carbocycles. The Morgan fingerprint density at radius 3 is 2.80 bits per heavy atom. The van der Waals surface area contributed by atoms with Gasteiger partial charge in [0.05, 0.1) is 24.6 Å². The fourth-order valence-corrected chi connectivity index (χ4v) is 2.98. The molecule has 3 rings (SSSR count). The van der Waals surface area contributed by atoms with Gasteiger partial charge in [-0.3, -0.25) is 0 Å². The number of rotatable bonds is 4. The molecule has 1 aliphatic heterocycles. The van der Waals surface area contributed by atoms with Crippen LogP contribution in [0.15, 0.2) is 42.7 Å². The summed E-state index contributed by atoms with van der Waals surface area (Å²) in [7, 11) is 2.01. The summed E-state index contributed by atoms with van der Waals surface area (Å²) in [5, 5.41) is 7.89. The third-order valence-electron chi connectivity index (χ3n) is 3.99. The van der Waals surface area contributed by atoms with Gasteiger partial charge in [0.15, 0.2) is 0 Å². The molecule has 2 aromatic rings. The lowest BCUT2D eigenvalue weighted by atomic mass is 9.93. The molecule has 0 radical (unpaired) electrons. The van der Waals surface area contributed by atoms with E-state index in [4.69, 9.17) is 4.74 Å². The van der Waals surface area contributed by atoms with Gasteiger partial charge >= 0.3 is 0 Å². The molecule has 0 saturated carbocycles. The maximum Gasteiger partial charge on any atom is 0.0645 e. The van der Waals surface area contributed by atoms with Crippen molar-refractivity contribution in [3.63, 3.8) is 0 Å². The molecule has 4 nitrogen and oxygen atoms in total. The Kier molecular flexibility index (Phi) is 3.85. The summed E-state index contributed by atoms with van der Waals surface area (Å²) in [5.41, 5.74) is 2.31. The third kappa shape index (κ3) is 2.62. The summed E-state index contributed by atoms with van der Waals surface area (Å²) in [6.07, 6.45) is 5.53. The molecule has 3 atom stereocenters.